The second-order valence-electron chi connectivity index (χ2n) is 2.32. The SMILES string of the molecule is C=C(OC)c1ccc(C)nc1. The number of aryl methyl sites for hydroxylation is 1. The minimum absolute atomic E-state index is 0.650. The molecule has 58 valence electrons. The van der Waals surface area contributed by atoms with Gasteiger partial charge in [0.05, 0.1) is 7.11 Å². The maximum atomic E-state index is 4.94. The first-order valence-corrected chi connectivity index (χ1v) is 3.40. The van der Waals surface area contributed by atoms with Crippen molar-refractivity contribution in [1.29, 1.82) is 0 Å². The Bertz CT molecular complexity index is 251. The fourth-order valence-electron chi connectivity index (χ4n) is 0.751. The van der Waals surface area contributed by atoms with Crippen LogP contribution in [0.3, 0.4) is 0 Å². The van der Waals surface area contributed by atoms with E-state index in [9.17, 15) is 0 Å². The molecule has 0 saturated heterocycles. The lowest BCUT2D eigenvalue weighted by Crippen LogP contribution is -1.87. The molecule has 11 heavy (non-hydrogen) atoms. The van der Waals surface area contributed by atoms with Crippen molar-refractivity contribution in [2.75, 3.05) is 7.11 Å². The van der Waals surface area contributed by atoms with Crippen LogP contribution in [0.4, 0.5) is 0 Å². The molecule has 0 aliphatic heterocycles. The largest absolute Gasteiger partial charge is 0.497 e. The molecular weight excluding hydrogens is 138 g/mol. The Balaban J connectivity index is 2.90. The molecule has 0 aliphatic rings. The Hall–Kier alpha value is -1.31. The third-order valence-electron chi connectivity index (χ3n) is 1.48. The molecule has 0 bridgehead atoms. The van der Waals surface area contributed by atoms with E-state index in [1.54, 1.807) is 13.3 Å². The average molecular weight is 149 g/mol. The molecule has 1 aromatic rings. The van der Waals surface area contributed by atoms with Gasteiger partial charge in [-0.25, -0.2) is 0 Å². The van der Waals surface area contributed by atoms with Crippen molar-refractivity contribution in [3.8, 4) is 0 Å². The minimum Gasteiger partial charge on any atom is -0.497 e. The van der Waals surface area contributed by atoms with Gasteiger partial charge in [0.2, 0.25) is 0 Å². The highest BCUT2D eigenvalue weighted by Gasteiger charge is 1.96. The van der Waals surface area contributed by atoms with E-state index < -0.39 is 0 Å². The molecule has 0 aliphatic carbocycles. The predicted octanol–water partition coefficient (Wildman–Crippen LogP) is 2.01. The zero-order valence-corrected chi connectivity index (χ0v) is 6.79. The third kappa shape index (κ3) is 1.80. The molecule has 0 atom stereocenters. The van der Waals surface area contributed by atoms with Crippen LogP contribution in [-0.4, -0.2) is 12.1 Å². The Morgan fingerprint density at radius 3 is 2.73 bits per heavy atom. The summed E-state index contributed by atoms with van der Waals surface area (Å²) in [5, 5.41) is 0. The Labute approximate surface area is 66.5 Å². The molecule has 0 aromatic carbocycles. The lowest BCUT2D eigenvalue weighted by Gasteiger charge is -2.02. The van der Waals surface area contributed by atoms with Crippen LogP contribution >= 0.6 is 0 Å². The molecule has 0 saturated carbocycles. The van der Waals surface area contributed by atoms with Crippen molar-refractivity contribution in [3.63, 3.8) is 0 Å². The smallest absolute Gasteiger partial charge is 0.120 e. The van der Waals surface area contributed by atoms with Crippen LogP contribution in [0.25, 0.3) is 5.76 Å². The molecular formula is C9H11NO. The summed E-state index contributed by atoms with van der Waals surface area (Å²) in [4.78, 5) is 4.11. The number of hydrogen-bond acceptors (Lipinski definition) is 2. The van der Waals surface area contributed by atoms with Crippen LogP contribution < -0.4 is 0 Å². The molecule has 1 aromatic heterocycles. The Morgan fingerprint density at radius 1 is 1.55 bits per heavy atom. The van der Waals surface area contributed by atoms with Crippen LogP contribution in [0.2, 0.25) is 0 Å². The van der Waals surface area contributed by atoms with Crippen molar-refractivity contribution in [1.82, 2.24) is 4.98 Å². The summed E-state index contributed by atoms with van der Waals surface area (Å²) >= 11 is 0. The summed E-state index contributed by atoms with van der Waals surface area (Å²) < 4.78 is 4.94. The first-order chi connectivity index (χ1) is 5.24. The van der Waals surface area contributed by atoms with Gasteiger partial charge in [0.25, 0.3) is 0 Å². The zero-order chi connectivity index (χ0) is 8.27. The van der Waals surface area contributed by atoms with Crippen LogP contribution in [0, 0.1) is 6.92 Å². The highest BCUT2D eigenvalue weighted by atomic mass is 16.5. The number of aromatic nitrogens is 1. The van der Waals surface area contributed by atoms with Crippen molar-refractivity contribution < 1.29 is 4.74 Å². The average Bonchev–Trinajstić information content (AvgIpc) is 2.05. The first-order valence-electron chi connectivity index (χ1n) is 3.40. The van der Waals surface area contributed by atoms with E-state index in [-0.39, 0.29) is 0 Å². The molecule has 0 amide bonds. The van der Waals surface area contributed by atoms with Gasteiger partial charge < -0.3 is 4.74 Å². The predicted molar refractivity (Wildman–Crippen MR) is 45.0 cm³/mol. The molecule has 0 spiro atoms. The molecule has 1 heterocycles. The molecule has 0 radical (unpaired) electrons. The summed E-state index contributed by atoms with van der Waals surface area (Å²) in [6.07, 6.45) is 1.75. The number of nitrogens with zero attached hydrogens (tertiary/aromatic N) is 1. The van der Waals surface area contributed by atoms with Gasteiger partial charge in [-0.1, -0.05) is 6.58 Å². The lowest BCUT2D eigenvalue weighted by molar-refractivity contribution is 0.371. The summed E-state index contributed by atoms with van der Waals surface area (Å²) in [5.41, 5.74) is 1.93. The second-order valence-corrected chi connectivity index (χ2v) is 2.32. The topological polar surface area (TPSA) is 22.1 Å². The van der Waals surface area contributed by atoms with Crippen LogP contribution in [0.15, 0.2) is 24.9 Å². The van der Waals surface area contributed by atoms with Gasteiger partial charge in [-0.3, -0.25) is 4.98 Å². The highest BCUT2D eigenvalue weighted by Crippen LogP contribution is 2.10. The first kappa shape index (κ1) is 7.79. The Kier molecular flexibility index (Phi) is 2.26. The quantitative estimate of drug-likeness (QED) is 0.600. The third-order valence-corrected chi connectivity index (χ3v) is 1.48. The monoisotopic (exact) mass is 149 g/mol. The number of methoxy groups -OCH3 is 1. The van der Waals surface area contributed by atoms with Gasteiger partial charge in [0.1, 0.15) is 5.76 Å². The van der Waals surface area contributed by atoms with E-state index in [2.05, 4.69) is 11.6 Å². The summed E-state index contributed by atoms with van der Waals surface area (Å²) in [6.45, 7) is 5.65. The van der Waals surface area contributed by atoms with Gasteiger partial charge in [-0.15, -0.1) is 0 Å². The van der Waals surface area contributed by atoms with Gasteiger partial charge >= 0.3 is 0 Å². The molecule has 0 N–H and O–H groups in total. The summed E-state index contributed by atoms with van der Waals surface area (Å²) in [7, 11) is 1.60. The van der Waals surface area contributed by atoms with Crippen LogP contribution in [-0.2, 0) is 4.74 Å². The molecule has 1 rings (SSSR count). The Morgan fingerprint density at radius 2 is 2.27 bits per heavy atom. The highest BCUT2D eigenvalue weighted by molar-refractivity contribution is 5.55. The molecule has 0 unspecified atom stereocenters. The van der Waals surface area contributed by atoms with Crippen LogP contribution in [0.5, 0.6) is 0 Å². The van der Waals surface area contributed by atoms with E-state index in [0.717, 1.165) is 11.3 Å². The van der Waals surface area contributed by atoms with Crippen molar-refractivity contribution >= 4 is 5.76 Å². The summed E-state index contributed by atoms with van der Waals surface area (Å²) in [5.74, 6) is 0.650. The van der Waals surface area contributed by atoms with Gasteiger partial charge in [-0.2, -0.15) is 0 Å². The second kappa shape index (κ2) is 3.19. The minimum atomic E-state index is 0.650. The van der Waals surface area contributed by atoms with Crippen LogP contribution in [0.1, 0.15) is 11.3 Å². The van der Waals surface area contributed by atoms with E-state index in [1.165, 1.54) is 0 Å². The van der Waals surface area contributed by atoms with E-state index in [1.807, 2.05) is 19.1 Å². The summed E-state index contributed by atoms with van der Waals surface area (Å²) in [6, 6.07) is 3.87. The normalized spacial score (nSPS) is 9.27. The standard InChI is InChI=1S/C9H11NO/c1-7-4-5-9(6-10-7)8(2)11-3/h4-6H,2H2,1,3H3. The number of pyridine rings is 1. The molecule has 0 fully saturated rings. The zero-order valence-electron chi connectivity index (χ0n) is 6.79. The lowest BCUT2D eigenvalue weighted by atomic mass is 10.2. The van der Waals surface area contributed by atoms with Gasteiger partial charge in [0.15, 0.2) is 0 Å². The van der Waals surface area contributed by atoms with E-state index >= 15 is 0 Å². The number of ether oxygens (including phenoxy) is 1. The maximum Gasteiger partial charge on any atom is 0.120 e. The van der Waals surface area contributed by atoms with Gasteiger partial charge in [-0.05, 0) is 19.1 Å². The van der Waals surface area contributed by atoms with E-state index in [0.29, 0.717) is 5.76 Å². The van der Waals surface area contributed by atoms with Crippen molar-refractivity contribution in [3.05, 3.63) is 36.2 Å². The van der Waals surface area contributed by atoms with Gasteiger partial charge in [0, 0.05) is 17.5 Å². The number of rotatable bonds is 2. The van der Waals surface area contributed by atoms with E-state index in [4.69, 9.17) is 4.74 Å². The molecule has 2 heteroatoms. The maximum absolute atomic E-state index is 4.94. The van der Waals surface area contributed by atoms with Crippen molar-refractivity contribution in [2.45, 2.75) is 6.92 Å². The number of hydrogen-bond donors (Lipinski definition) is 0. The fourth-order valence-corrected chi connectivity index (χ4v) is 0.751. The fraction of sp³-hybridized carbons (Fsp3) is 0.222. The van der Waals surface area contributed by atoms with Crippen molar-refractivity contribution in [2.24, 2.45) is 0 Å². The molecule has 2 nitrogen and oxygen atoms in total.